The molecule has 1 saturated heterocycles. The first-order chi connectivity index (χ1) is 13.6. The molecular formula is C21H26N4O2S. The highest BCUT2D eigenvalue weighted by molar-refractivity contribution is 7.15. The van der Waals surface area contributed by atoms with E-state index in [1.807, 2.05) is 17.0 Å². The van der Waals surface area contributed by atoms with E-state index in [1.54, 1.807) is 0 Å². The van der Waals surface area contributed by atoms with Crippen LogP contribution in [0.25, 0.3) is 0 Å². The van der Waals surface area contributed by atoms with Gasteiger partial charge < -0.3 is 10.2 Å². The zero-order valence-corrected chi connectivity index (χ0v) is 17.0. The van der Waals surface area contributed by atoms with Crippen molar-refractivity contribution in [2.24, 2.45) is 5.92 Å². The Bertz CT molecular complexity index is 842. The minimum atomic E-state index is 0.0242. The van der Waals surface area contributed by atoms with E-state index in [0.29, 0.717) is 18.1 Å². The highest BCUT2D eigenvalue weighted by atomic mass is 32.1. The lowest BCUT2D eigenvalue weighted by Gasteiger charge is -2.19. The summed E-state index contributed by atoms with van der Waals surface area (Å²) in [5, 5.41) is 12.7. The van der Waals surface area contributed by atoms with Gasteiger partial charge in [0.15, 0.2) is 0 Å². The second kappa shape index (κ2) is 8.39. The Hall–Kier alpha value is -2.28. The second-order valence-electron chi connectivity index (χ2n) is 7.70. The van der Waals surface area contributed by atoms with E-state index in [0.717, 1.165) is 42.8 Å². The molecule has 0 bridgehead atoms. The highest BCUT2D eigenvalue weighted by Crippen LogP contribution is 2.34. The predicted molar refractivity (Wildman–Crippen MR) is 111 cm³/mol. The summed E-state index contributed by atoms with van der Waals surface area (Å²) in [5.74, 6) is 0.284. The topological polar surface area (TPSA) is 75.2 Å². The SMILES string of the molecule is CCc1ccc(N2C[C@H](c3nnc(NC(=O)C4CCCCC4)s3)CC2=O)cc1. The maximum Gasteiger partial charge on any atom is 0.229 e. The van der Waals surface area contributed by atoms with Gasteiger partial charge in [-0.1, -0.05) is 49.7 Å². The number of rotatable bonds is 5. The molecule has 2 heterocycles. The largest absolute Gasteiger partial charge is 0.312 e. The van der Waals surface area contributed by atoms with E-state index in [9.17, 15) is 9.59 Å². The molecule has 148 valence electrons. The minimum absolute atomic E-state index is 0.0242. The van der Waals surface area contributed by atoms with Crippen LogP contribution in [0.1, 0.15) is 61.9 Å². The number of aryl methyl sites for hydroxylation is 1. The first kappa shape index (κ1) is 19.1. The number of carbonyl (C=O) groups is 2. The molecule has 6 nitrogen and oxygen atoms in total. The molecular weight excluding hydrogens is 372 g/mol. The number of amides is 2. The van der Waals surface area contributed by atoms with Crippen LogP contribution in [0, 0.1) is 5.92 Å². The lowest BCUT2D eigenvalue weighted by Crippen LogP contribution is -2.24. The molecule has 2 amide bonds. The molecule has 1 aromatic heterocycles. The molecule has 0 spiro atoms. The lowest BCUT2D eigenvalue weighted by molar-refractivity contribution is -0.120. The van der Waals surface area contributed by atoms with Crippen molar-refractivity contribution in [1.82, 2.24) is 10.2 Å². The second-order valence-corrected chi connectivity index (χ2v) is 8.70. The van der Waals surface area contributed by atoms with Gasteiger partial charge in [-0.3, -0.25) is 9.59 Å². The Morgan fingerprint density at radius 3 is 2.64 bits per heavy atom. The number of carbonyl (C=O) groups excluding carboxylic acids is 2. The summed E-state index contributed by atoms with van der Waals surface area (Å²) in [4.78, 5) is 26.7. The molecule has 2 aliphatic rings. The molecule has 2 fully saturated rings. The molecule has 1 N–H and O–H groups in total. The number of hydrogen-bond acceptors (Lipinski definition) is 5. The molecule has 1 saturated carbocycles. The van der Waals surface area contributed by atoms with Crippen LogP contribution >= 0.6 is 11.3 Å². The normalized spacial score (nSPS) is 20.5. The Kier molecular flexibility index (Phi) is 5.71. The minimum Gasteiger partial charge on any atom is -0.312 e. The van der Waals surface area contributed by atoms with Gasteiger partial charge in [0.1, 0.15) is 5.01 Å². The fourth-order valence-corrected chi connectivity index (χ4v) is 4.89. The molecule has 4 rings (SSSR count). The van der Waals surface area contributed by atoms with Crippen LogP contribution in [-0.4, -0.2) is 28.6 Å². The van der Waals surface area contributed by atoms with Crippen LogP contribution in [0.4, 0.5) is 10.8 Å². The van der Waals surface area contributed by atoms with Crippen molar-refractivity contribution in [2.75, 3.05) is 16.8 Å². The third-order valence-corrected chi connectivity index (χ3v) is 6.78. The predicted octanol–water partition coefficient (Wildman–Crippen LogP) is 4.14. The van der Waals surface area contributed by atoms with Crippen LogP contribution in [-0.2, 0) is 16.0 Å². The zero-order valence-electron chi connectivity index (χ0n) is 16.2. The molecule has 7 heteroatoms. The summed E-state index contributed by atoms with van der Waals surface area (Å²) < 4.78 is 0. The van der Waals surface area contributed by atoms with Crippen molar-refractivity contribution in [1.29, 1.82) is 0 Å². The first-order valence-corrected chi connectivity index (χ1v) is 11.0. The highest BCUT2D eigenvalue weighted by Gasteiger charge is 2.34. The van der Waals surface area contributed by atoms with E-state index in [1.165, 1.54) is 23.3 Å². The van der Waals surface area contributed by atoms with E-state index in [-0.39, 0.29) is 23.7 Å². The van der Waals surface area contributed by atoms with E-state index in [4.69, 9.17) is 0 Å². The number of nitrogens with one attached hydrogen (secondary N) is 1. The van der Waals surface area contributed by atoms with Crippen LogP contribution in [0.15, 0.2) is 24.3 Å². The fourth-order valence-electron chi connectivity index (χ4n) is 4.06. The maximum absolute atomic E-state index is 12.5. The van der Waals surface area contributed by atoms with Gasteiger partial charge in [-0.25, -0.2) is 0 Å². The van der Waals surface area contributed by atoms with Crippen LogP contribution < -0.4 is 10.2 Å². The van der Waals surface area contributed by atoms with Crippen LogP contribution in [0.2, 0.25) is 0 Å². The molecule has 0 radical (unpaired) electrons. The molecule has 1 aliphatic carbocycles. The van der Waals surface area contributed by atoms with Crippen molar-refractivity contribution < 1.29 is 9.59 Å². The van der Waals surface area contributed by atoms with Crippen molar-refractivity contribution >= 4 is 34.0 Å². The van der Waals surface area contributed by atoms with Crippen molar-refractivity contribution in [3.05, 3.63) is 34.8 Å². The molecule has 1 aliphatic heterocycles. The van der Waals surface area contributed by atoms with Gasteiger partial charge in [-0.15, -0.1) is 10.2 Å². The summed E-state index contributed by atoms with van der Waals surface area (Å²) in [6.07, 6.45) is 6.80. The number of aromatic nitrogens is 2. The third-order valence-electron chi connectivity index (χ3n) is 5.78. The number of benzene rings is 1. The molecule has 1 atom stereocenters. The van der Waals surface area contributed by atoms with Crippen molar-refractivity contribution in [3.8, 4) is 0 Å². The van der Waals surface area contributed by atoms with Gasteiger partial charge >= 0.3 is 0 Å². The summed E-state index contributed by atoms with van der Waals surface area (Å²) in [7, 11) is 0. The number of anilines is 2. The lowest BCUT2D eigenvalue weighted by atomic mass is 9.89. The Labute approximate surface area is 169 Å². The molecule has 2 aromatic rings. The van der Waals surface area contributed by atoms with Gasteiger partial charge in [0, 0.05) is 30.5 Å². The monoisotopic (exact) mass is 398 g/mol. The smallest absolute Gasteiger partial charge is 0.229 e. The third kappa shape index (κ3) is 4.09. The van der Waals surface area contributed by atoms with Gasteiger partial charge in [0.25, 0.3) is 0 Å². The summed E-state index contributed by atoms with van der Waals surface area (Å²) in [6.45, 7) is 2.72. The van der Waals surface area contributed by atoms with Gasteiger partial charge in [-0.05, 0) is 37.0 Å². The van der Waals surface area contributed by atoms with E-state index in [2.05, 4.69) is 34.6 Å². The van der Waals surface area contributed by atoms with Gasteiger partial charge in [0.2, 0.25) is 16.9 Å². The van der Waals surface area contributed by atoms with Crippen LogP contribution in [0.5, 0.6) is 0 Å². The van der Waals surface area contributed by atoms with Gasteiger partial charge in [-0.2, -0.15) is 0 Å². The average molecular weight is 399 g/mol. The fraction of sp³-hybridized carbons (Fsp3) is 0.524. The zero-order chi connectivity index (χ0) is 19.5. The summed E-state index contributed by atoms with van der Waals surface area (Å²) >= 11 is 1.39. The molecule has 1 aromatic carbocycles. The van der Waals surface area contributed by atoms with Gasteiger partial charge in [0.05, 0.1) is 0 Å². The van der Waals surface area contributed by atoms with E-state index >= 15 is 0 Å². The van der Waals surface area contributed by atoms with E-state index < -0.39 is 0 Å². The Morgan fingerprint density at radius 1 is 1.18 bits per heavy atom. The van der Waals surface area contributed by atoms with Crippen molar-refractivity contribution in [3.63, 3.8) is 0 Å². The summed E-state index contributed by atoms with van der Waals surface area (Å²) in [5.41, 5.74) is 2.19. The molecule has 28 heavy (non-hydrogen) atoms. The average Bonchev–Trinajstić information content (AvgIpc) is 3.35. The Morgan fingerprint density at radius 2 is 1.93 bits per heavy atom. The molecule has 0 unspecified atom stereocenters. The van der Waals surface area contributed by atoms with Crippen LogP contribution in [0.3, 0.4) is 0 Å². The number of nitrogens with zero attached hydrogens (tertiary/aromatic N) is 3. The summed E-state index contributed by atoms with van der Waals surface area (Å²) in [6, 6.07) is 8.16. The van der Waals surface area contributed by atoms with Crippen molar-refractivity contribution in [2.45, 2.75) is 57.8 Å². The first-order valence-electron chi connectivity index (χ1n) is 10.2. The number of hydrogen-bond donors (Lipinski definition) is 1. The maximum atomic E-state index is 12.5. The quantitative estimate of drug-likeness (QED) is 0.821. The standard InChI is InChI=1S/C21H26N4O2S/c1-2-14-8-10-17(11-9-14)25-13-16(12-18(25)26)20-23-24-21(28-20)22-19(27)15-6-4-3-5-7-15/h8-11,15-16H,2-7,12-13H2,1H3,(H,22,24,27)/t16-/m1/s1. The Balaban J connectivity index is 1.39.